The van der Waals surface area contributed by atoms with Crippen LogP contribution >= 0.6 is 0 Å². The summed E-state index contributed by atoms with van der Waals surface area (Å²) in [5.74, 6) is 1.60. The lowest BCUT2D eigenvalue weighted by molar-refractivity contribution is 0.0603. The Balaban J connectivity index is 2.42. The number of aliphatic hydroxyl groups is 1. The lowest BCUT2D eigenvalue weighted by Gasteiger charge is -2.18. The highest BCUT2D eigenvalue weighted by Gasteiger charge is 2.39. The highest BCUT2D eigenvalue weighted by atomic mass is 16.3. The first kappa shape index (κ1) is 13.0. The summed E-state index contributed by atoms with van der Waals surface area (Å²) in [4.78, 5) is 0. The van der Waals surface area contributed by atoms with Crippen molar-refractivity contribution >= 4 is 0 Å². The fourth-order valence-corrected chi connectivity index (χ4v) is 3.15. The van der Waals surface area contributed by atoms with E-state index in [1.165, 1.54) is 38.5 Å². The normalized spacial score (nSPS) is 36.0. The first-order valence-electron chi connectivity index (χ1n) is 6.81. The first-order chi connectivity index (χ1) is 7.09. The van der Waals surface area contributed by atoms with Crippen molar-refractivity contribution in [3.63, 3.8) is 0 Å². The van der Waals surface area contributed by atoms with Gasteiger partial charge in [-0.1, -0.05) is 52.4 Å². The van der Waals surface area contributed by atoms with E-state index < -0.39 is 0 Å². The SMILES string of the molecule is CCCCC1CC(C)(O)CC1CCCC. The van der Waals surface area contributed by atoms with Gasteiger partial charge in [0.05, 0.1) is 5.60 Å². The van der Waals surface area contributed by atoms with Gasteiger partial charge in [0.25, 0.3) is 0 Å². The zero-order valence-electron chi connectivity index (χ0n) is 10.8. The van der Waals surface area contributed by atoms with Gasteiger partial charge in [0, 0.05) is 0 Å². The summed E-state index contributed by atoms with van der Waals surface area (Å²) in [6.45, 7) is 6.54. The average molecular weight is 212 g/mol. The summed E-state index contributed by atoms with van der Waals surface area (Å²) in [5.41, 5.74) is -0.364. The van der Waals surface area contributed by atoms with Crippen molar-refractivity contribution in [3.05, 3.63) is 0 Å². The lowest BCUT2D eigenvalue weighted by atomic mass is 9.87. The standard InChI is InChI=1S/C14H28O/c1-4-6-8-12-10-14(3,15)11-13(12)9-7-5-2/h12-13,15H,4-11H2,1-3H3. The van der Waals surface area contributed by atoms with E-state index in [9.17, 15) is 5.11 Å². The lowest BCUT2D eigenvalue weighted by Crippen LogP contribution is -2.19. The molecule has 0 aromatic heterocycles. The Morgan fingerprint density at radius 1 is 1.00 bits per heavy atom. The second kappa shape index (κ2) is 5.89. The molecule has 1 fully saturated rings. The van der Waals surface area contributed by atoms with Crippen LogP contribution < -0.4 is 0 Å². The molecule has 1 saturated carbocycles. The Kier molecular flexibility index (Phi) is 5.11. The quantitative estimate of drug-likeness (QED) is 0.701. The van der Waals surface area contributed by atoms with Crippen molar-refractivity contribution in [2.75, 3.05) is 0 Å². The molecule has 1 rings (SSSR count). The van der Waals surface area contributed by atoms with E-state index in [2.05, 4.69) is 13.8 Å². The molecule has 1 heteroatoms. The molecule has 0 bridgehead atoms. The molecule has 0 aromatic carbocycles. The van der Waals surface area contributed by atoms with Crippen molar-refractivity contribution < 1.29 is 5.11 Å². The molecule has 0 amide bonds. The van der Waals surface area contributed by atoms with Crippen LogP contribution in [0.3, 0.4) is 0 Å². The number of unbranched alkanes of at least 4 members (excludes halogenated alkanes) is 2. The highest BCUT2D eigenvalue weighted by Crippen LogP contribution is 2.43. The van der Waals surface area contributed by atoms with Gasteiger partial charge in [-0.15, -0.1) is 0 Å². The molecule has 1 aliphatic carbocycles. The minimum atomic E-state index is -0.364. The molecule has 90 valence electrons. The van der Waals surface area contributed by atoms with Gasteiger partial charge >= 0.3 is 0 Å². The van der Waals surface area contributed by atoms with E-state index in [1.807, 2.05) is 6.92 Å². The molecule has 1 nitrogen and oxygen atoms in total. The molecule has 2 unspecified atom stereocenters. The minimum absolute atomic E-state index is 0.364. The molecule has 1 N–H and O–H groups in total. The minimum Gasteiger partial charge on any atom is -0.390 e. The van der Waals surface area contributed by atoms with Crippen LogP contribution in [0.5, 0.6) is 0 Å². The van der Waals surface area contributed by atoms with Crippen LogP contribution in [0.25, 0.3) is 0 Å². The zero-order valence-corrected chi connectivity index (χ0v) is 10.8. The fourth-order valence-electron chi connectivity index (χ4n) is 3.15. The van der Waals surface area contributed by atoms with Gasteiger partial charge in [0.2, 0.25) is 0 Å². The highest BCUT2D eigenvalue weighted by molar-refractivity contribution is 4.91. The van der Waals surface area contributed by atoms with Crippen molar-refractivity contribution in [2.24, 2.45) is 11.8 Å². The van der Waals surface area contributed by atoms with E-state index in [0.29, 0.717) is 0 Å². The molecular weight excluding hydrogens is 184 g/mol. The van der Waals surface area contributed by atoms with Crippen LogP contribution in [0.1, 0.15) is 72.1 Å². The molecule has 15 heavy (non-hydrogen) atoms. The van der Waals surface area contributed by atoms with Crippen molar-refractivity contribution in [2.45, 2.75) is 77.7 Å². The van der Waals surface area contributed by atoms with Crippen LogP contribution in [0.15, 0.2) is 0 Å². The van der Waals surface area contributed by atoms with Gasteiger partial charge in [-0.3, -0.25) is 0 Å². The summed E-state index contributed by atoms with van der Waals surface area (Å²) in [7, 11) is 0. The van der Waals surface area contributed by atoms with E-state index in [-0.39, 0.29) is 5.60 Å². The third-order valence-corrected chi connectivity index (χ3v) is 3.93. The molecule has 0 aliphatic heterocycles. The average Bonchev–Trinajstić information content (AvgIpc) is 2.47. The van der Waals surface area contributed by atoms with E-state index in [1.54, 1.807) is 0 Å². The Morgan fingerprint density at radius 2 is 1.40 bits per heavy atom. The van der Waals surface area contributed by atoms with Gasteiger partial charge in [-0.05, 0) is 31.6 Å². The number of hydrogen-bond donors (Lipinski definition) is 1. The monoisotopic (exact) mass is 212 g/mol. The van der Waals surface area contributed by atoms with Gasteiger partial charge in [0.15, 0.2) is 0 Å². The Morgan fingerprint density at radius 3 is 1.73 bits per heavy atom. The van der Waals surface area contributed by atoms with Crippen LogP contribution in [-0.2, 0) is 0 Å². The summed E-state index contributed by atoms with van der Waals surface area (Å²) in [6.07, 6.45) is 10.0. The topological polar surface area (TPSA) is 20.2 Å². The second-order valence-corrected chi connectivity index (χ2v) is 5.71. The van der Waals surface area contributed by atoms with Crippen molar-refractivity contribution in [1.82, 2.24) is 0 Å². The first-order valence-corrected chi connectivity index (χ1v) is 6.81. The molecule has 0 radical (unpaired) electrons. The summed E-state index contributed by atoms with van der Waals surface area (Å²) >= 11 is 0. The molecule has 2 atom stereocenters. The smallest absolute Gasteiger partial charge is 0.0625 e. The summed E-state index contributed by atoms with van der Waals surface area (Å²) < 4.78 is 0. The summed E-state index contributed by atoms with van der Waals surface area (Å²) in [5, 5.41) is 10.1. The third-order valence-electron chi connectivity index (χ3n) is 3.93. The fraction of sp³-hybridized carbons (Fsp3) is 1.00. The Bertz CT molecular complexity index is 156. The van der Waals surface area contributed by atoms with Crippen LogP contribution in [-0.4, -0.2) is 10.7 Å². The molecule has 0 heterocycles. The largest absolute Gasteiger partial charge is 0.390 e. The maximum Gasteiger partial charge on any atom is 0.0625 e. The molecule has 0 aromatic rings. The van der Waals surface area contributed by atoms with Gasteiger partial charge < -0.3 is 5.11 Å². The van der Waals surface area contributed by atoms with Crippen molar-refractivity contribution in [1.29, 1.82) is 0 Å². The Hall–Kier alpha value is -0.0400. The number of rotatable bonds is 6. The third kappa shape index (κ3) is 4.14. The summed E-state index contributed by atoms with van der Waals surface area (Å²) in [6, 6.07) is 0. The van der Waals surface area contributed by atoms with Gasteiger partial charge in [-0.2, -0.15) is 0 Å². The maximum absolute atomic E-state index is 10.1. The van der Waals surface area contributed by atoms with E-state index in [0.717, 1.165) is 24.7 Å². The molecule has 0 saturated heterocycles. The van der Waals surface area contributed by atoms with Crippen LogP contribution in [0.4, 0.5) is 0 Å². The Labute approximate surface area is 95.3 Å². The molecular formula is C14H28O. The second-order valence-electron chi connectivity index (χ2n) is 5.71. The van der Waals surface area contributed by atoms with E-state index >= 15 is 0 Å². The molecule has 0 spiro atoms. The predicted molar refractivity (Wildman–Crippen MR) is 65.9 cm³/mol. The van der Waals surface area contributed by atoms with Crippen LogP contribution in [0.2, 0.25) is 0 Å². The van der Waals surface area contributed by atoms with Gasteiger partial charge in [0.1, 0.15) is 0 Å². The predicted octanol–water partition coefficient (Wildman–Crippen LogP) is 4.14. The maximum atomic E-state index is 10.1. The number of hydrogen-bond acceptors (Lipinski definition) is 1. The zero-order chi connectivity index (χ0) is 11.3. The van der Waals surface area contributed by atoms with Crippen molar-refractivity contribution in [3.8, 4) is 0 Å². The molecule has 1 aliphatic rings. The van der Waals surface area contributed by atoms with Gasteiger partial charge in [-0.25, -0.2) is 0 Å². The van der Waals surface area contributed by atoms with E-state index in [4.69, 9.17) is 0 Å². The van der Waals surface area contributed by atoms with Crippen LogP contribution in [0, 0.1) is 11.8 Å².